The van der Waals surface area contributed by atoms with Crippen molar-refractivity contribution < 1.29 is 9.18 Å². The number of H-pyrrole nitrogens is 1. The Hall–Kier alpha value is -4.63. The largest absolute Gasteiger partial charge is 0.340 e. The monoisotopic (exact) mass is 553 g/mol. The Bertz CT molecular complexity index is 1630. The van der Waals surface area contributed by atoms with Crippen molar-refractivity contribution in [3.05, 3.63) is 119 Å². The van der Waals surface area contributed by atoms with Crippen molar-refractivity contribution in [2.75, 3.05) is 6.54 Å². The maximum absolute atomic E-state index is 13.8. The first kappa shape index (κ1) is 25.6. The van der Waals surface area contributed by atoms with Crippen LogP contribution >= 0.6 is 11.6 Å². The van der Waals surface area contributed by atoms with Crippen LogP contribution in [0.4, 0.5) is 4.39 Å². The van der Waals surface area contributed by atoms with E-state index in [-0.39, 0.29) is 23.7 Å². The van der Waals surface area contributed by atoms with E-state index in [9.17, 15) is 9.18 Å². The van der Waals surface area contributed by atoms with Crippen LogP contribution in [0, 0.1) is 5.82 Å². The Labute approximate surface area is 235 Å². The first-order valence-electron chi connectivity index (χ1n) is 12.9. The molecule has 6 rings (SSSR count). The number of carbonyl (C=O) groups excluding carboxylic acids is 1. The van der Waals surface area contributed by atoms with Gasteiger partial charge in [0.1, 0.15) is 18.0 Å². The second-order valence-electron chi connectivity index (χ2n) is 9.62. The lowest BCUT2D eigenvalue weighted by Gasteiger charge is -2.40. The van der Waals surface area contributed by atoms with Gasteiger partial charge in [-0.05, 0) is 82.9 Å². The number of benzene rings is 3. The smallest absolute Gasteiger partial charge is 0.247 e. The molecule has 2 atom stereocenters. The van der Waals surface area contributed by atoms with Gasteiger partial charge in [0.05, 0.1) is 23.6 Å². The highest BCUT2D eigenvalue weighted by atomic mass is 35.5. The maximum Gasteiger partial charge on any atom is 0.247 e. The third kappa shape index (κ3) is 5.28. The van der Waals surface area contributed by atoms with Gasteiger partial charge in [-0.1, -0.05) is 41.9 Å². The number of nitrogens with zero attached hydrogens (tertiary/aromatic N) is 6. The Morgan fingerprint density at radius 1 is 1.07 bits per heavy atom. The third-order valence-electron chi connectivity index (χ3n) is 7.16. The molecule has 1 aliphatic heterocycles. The predicted molar refractivity (Wildman–Crippen MR) is 150 cm³/mol. The molecule has 5 aromatic rings. The van der Waals surface area contributed by atoms with Gasteiger partial charge >= 0.3 is 0 Å². The van der Waals surface area contributed by atoms with Crippen LogP contribution in [0.15, 0.2) is 91.4 Å². The molecule has 1 fully saturated rings. The van der Waals surface area contributed by atoms with E-state index < -0.39 is 0 Å². The minimum atomic E-state index is -0.319. The van der Waals surface area contributed by atoms with Gasteiger partial charge in [0.15, 0.2) is 0 Å². The topological polar surface area (TPSA) is 92.6 Å². The van der Waals surface area contributed by atoms with E-state index in [0.717, 1.165) is 29.7 Å². The van der Waals surface area contributed by atoms with Gasteiger partial charge in [-0.15, -0.1) is 5.10 Å². The number of nitrogens with one attached hydrogen (secondary N) is 1. The number of likely N-dealkylation sites (tertiary alicyclic amines) is 1. The van der Waals surface area contributed by atoms with E-state index in [1.165, 1.54) is 23.1 Å². The number of aromatic nitrogens is 6. The number of hydrogen-bond acceptors (Lipinski definition) is 5. The summed E-state index contributed by atoms with van der Waals surface area (Å²) < 4.78 is 15.0. The average molecular weight is 554 g/mol. The highest BCUT2D eigenvalue weighted by Crippen LogP contribution is 2.42. The quantitative estimate of drug-likeness (QED) is 0.260. The van der Waals surface area contributed by atoms with Crippen LogP contribution < -0.4 is 0 Å². The second kappa shape index (κ2) is 11.2. The number of aromatic amines is 1. The Morgan fingerprint density at radius 3 is 2.67 bits per heavy atom. The molecule has 1 N–H and O–H groups in total. The van der Waals surface area contributed by atoms with Crippen molar-refractivity contribution in [2.24, 2.45) is 0 Å². The molecule has 10 heteroatoms. The zero-order valence-corrected chi connectivity index (χ0v) is 22.1. The van der Waals surface area contributed by atoms with E-state index in [4.69, 9.17) is 16.6 Å². The molecule has 40 heavy (non-hydrogen) atoms. The maximum atomic E-state index is 13.8. The van der Waals surface area contributed by atoms with Crippen molar-refractivity contribution in [1.29, 1.82) is 0 Å². The summed E-state index contributed by atoms with van der Waals surface area (Å²) in [5.74, 6) is 0.286. The molecule has 0 aliphatic carbocycles. The first-order valence-corrected chi connectivity index (χ1v) is 13.3. The lowest BCUT2D eigenvalue weighted by Crippen LogP contribution is -2.41. The number of hydrogen-bond donors (Lipinski definition) is 1. The van der Waals surface area contributed by atoms with E-state index in [1.54, 1.807) is 48.7 Å². The van der Waals surface area contributed by atoms with E-state index in [1.807, 2.05) is 23.1 Å². The van der Waals surface area contributed by atoms with E-state index in [2.05, 4.69) is 32.6 Å². The minimum absolute atomic E-state index is 0.0440. The van der Waals surface area contributed by atoms with Gasteiger partial charge in [-0.2, -0.15) is 4.68 Å². The van der Waals surface area contributed by atoms with Crippen LogP contribution in [-0.4, -0.2) is 47.5 Å². The molecule has 3 aromatic carbocycles. The summed E-state index contributed by atoms with van der Waals surface area (Å²) in [6.45, 7) is 0.582. The summed E-state index contributed by atoms with van der Waals surface area (Å²) in [6.07, 6.45) is 8.29. The number of rotatable bonds is 6. The van der Waals surface area contributed by atoms with Crippen LogP contribution in [-0.2, 0) is 4.79 Å². The second-order valence-corrected chi connectivity index (χ2v) is 10.1. The SMILES string of the molecule is O=C(C=Cc1cc(Cl)ccc1-n1cnnn1)N1CCCC(c2ccccc2)C1c1ncc(-c2ccc(F)cc2)[nH]1. The van der Waals surface area contributed by atoms with Crippen molar-refractivity contribution in [3.63, 3.8) is 0 Å². The Balaban J connectivity index is 1.35. The zero-order valence-electron chi connectivity index (χ0n) is 21.4. The molecular formula is C30H25ClFN7O. The fraction of sp³-hybridized carbons (Fsp3) is 0.167. The lowest BCUT2D eigenvalue weighted by molar-refractivity contribution is -0.130. The molecular weight excluding hydrogens is 529 g/mol. The van der Waals surface area contributed by atoms with Crippen LogP contribution in [0.2, 0.25) is 5.02 Å². The summed E-state index contributed by atoms with van der Waals surface area (Å²) in [6, 6.07) is 21.5. The van der Waals surface area contributed by atoms with Crippen LogP contribution in [0.5, 0.6) is 0 Å². The number of piperidine rings is 1. The molecule has 1 amide bonds. The van der Waals surface area contributed by atoms with E-state index >= 15 is 0 Å². The highest BCUT2D eigenvalue weighted by Gasteiger charge is 2.37. The predicted octanol–water partition coefficient (Wildman–Crippen LogP) is 6.01. The van der Waals surface area contributed by atoms with Crippen molar-refractivity contribution in [2.45, 2.75) is 24.8 Å². The molecule has 8 nitrogen and oxygen atoms in total. The number of imidazole rings is 1. The number of carbonyl (C=O) groups is 1. The summed E-state index contributed by atoms with van der Waals surface area (Å²) in [7, 11) is 0. The fourth-order valence-corrected chi connectivity index (χ4v) is 5.47. The van der Waals surface area contributed by atoms with Crippen LogP contribution in [0.1, 0.15) is 41.8 Å². The van der Waals surface area contributed by atoms with Gasteiger partial charge in [-0.3, -0.25) is 4.79 Å². The van der Waals surface area contributed by atoms with Crippen LogP contribution in [0.3, 0.4) is 0 Å². The molecule has 1 saturated heterocycles. The molecule has 0 bridgehead atoms. The highest BCUT2D eigenvalue weighted by molar-refractivity contribution is 6.30. The number of tetrazole rings is 1. The lowest BCUT2D eigenvalue weighted by atomic mass is 9.83. The molecule has 0 radical (unpaired) electrons. The molecule has 2 unspecified atom stereocenters. The molecule has 1 aliphatic rings. The number of halogens is 2. The molecule has 2 aromatic heterocycles. The Morgan fingerprint density at radius 2 is 1.90 bits per heavy atom. The standard InChI is InChI=1S/C30H25ClFN7O/c31-23-11-14-27(39-19-34-36-37-39)22(17-23)10-15-28(40)38-16-4-7-25(20-5-2-1-3-6-20)29(38)30-33-18-26(35-30)21-8-12-24(32)13-9-21/h1-3,5-6,8-15,17-19,25,29H,4,7,16H2,(H,33,35). The van der Waals surface area contributed by atoms with Crippen molar-refractivity contribution >= 4 is 23.6 Å². The van der Waals surface area contributed by atoms with Gasteiger partial charge in [0.2, 0.25) is 5.91 Å². The molecule has 0 saturated carbocycles. The average Bonchev–Trinajstić information content (AvgIpc) is 3.70. The fourth-order valence-electron chi connectivity index (χ4n) is 5.29. The molecule has 200 valence electrons. The van der Waals surface area contributed by atoms with Crippen LogP contribution in [0.25, 0.3) is 23.0 Å². The zero-order chi connectivity index (χ0) is 27.5. The van der Waals surface area contributed by atoms with E-state index in [0.29, 0.717) is 28.6 Å². The normalized spacial score (nSPS) is 17.4. The van der Waals surface area contributed by atoms with Gasteiger partial charge in [0, 0.05) is 29.1 Å². The molecule has 0 spiro atoms. The van der Waals surface area contributed by atoms with Gasteiger partial charge in [-0.25, -0.2) is 9.37 Å². The van der Waals surface area contributed by atoms with Gasteiger partial charge < -0.3 is 9.88 Å². The summed E-state index contributed by atoms with van der Waals surface area (Å²) >= 11 is 6.27. The number of amides is 1. The first-order chi connectivity index (χ1) is 19.6. The summed E-state index contributed by atoms with van der Waals surface area (Å²) in [5, 5.41) is 11.9. The van der Waals surface area contributed by atoms with Gasteiger partial charge in [0.25, 0.3) is 0 Å². The minimum Gasteiger partial charge on any atom is -0.340 e. The third-order valence-corrected chi connectivity index (χ3v) is 7.40. The Kier molecular flexibility index (Phi) is 7.20. The summed E-state index contributed by atoms with van der Waals surface area (Å²) in [4.78, 5) is 23.8. The molecule has 3 heterocycles. The van der Waals surface area contributed by atoms with Crippen molar-refractivity contribution in [3.8, 4) is 16.9 Å². The summed E-state index contributed by atoms with van der Waals surface area (Å²) in [5.41, 5.74) is 4.13. The van der Waals surface area contributed by atoms with Crippen molar-refractivity contribution in [1.82, 2.24) is 35.1 Å².